The van der Waals surface area contributed by atoms with Gasteiger partial charge in [0.1, 0.15) is 0 Å². The van der Waals surface area contributed by atoms with Crippen LogP contribution in [-0.4, -0.2) is 57.6 Å². The van der Waals surface area contributed by atoms with Crippen molar-refractivity contribution < 1.29 is 4.79 Å². The molecule has 1 aromatic carbocycles. The molecule has 4 unspecified atom stereocenters. The fourth-order valence-electron chi connectivity index (χ4n) is 4.64. The van der Waals surface area contributed by atoms with Gasteiger partial charge in [0.2, 0.25) is 0 Å². The number of carbonyl (C=O) groups excluding carboxylic acids is 1. The SMILES string of the molecule is O=C(c1n[nH]c2ccc(Br)cc12)N1C2CC3CN(CCC31)C2. The van der Waals surface area contributed by atoms with Crippen LogP contribution in [0.5, 0.6) is 0 Å². The van der Waals surface area contributed by atoms with E-state index in [4.69, 9.17) is 0 Å². The molecule has 3 aliphatic rings. The monoisotopic (exact) mass is 360 g/mol. The molecule has 3 fully saturated rings. The Hall–Kier alpha value is -1.40. The van der Waals surface area contributed by atoms with Gasteiger partial charge >= 0.3 is 0 Å². The molecule has 1 aromatic heterocycles. The average molecular weight is 361 g/mol. The van der Waals surface area contributed by atoms with Crippen LogP contribution in [0.15, 0.2) is 22.7 Å². The third kappa shape index (κ3) is 1.74. The first-order valence-electron chi connectivity index (χ1n) is 7.89. The lowest BCUT2D eigenvalue weighted by atomic mass is 9.89. The lowest BCUT2D eigenvalue weighted by molar-refractivity contribution is 0.0668. The van der Waals surface area contributed by atoms with Crippen molar-refractivity contribution in [3.63, 3.8) is 0 Å². The van der Waals surface area contributed by atoms with Crippen LogP contribution in [0.1, 0.15) is 23.3 Å². The maximum Gasteiger partial charge on any atom is 0.275 e. The van der Waals surface area contributed by atoms with Gasteiger partial charge in [-0.05, 0) is 37.0 Å². The molecule has 4 heterocycles. The molecule has 1 N–H and O–H groups in total. The lowest BCUT2D eigenvalue weighted by Gasteiger charge is -2.35. The van der Waals surface area contributed by atoms with E-state index in [1.165, 1.54) is 6.42 Å². The van der Waals surface area contributed by atoms with E-state index in [1.54, 1.807) is 0 Å². The summed E-state index contributed by atoms with van der Waals surface area (Å²) < 4.78 is 0.975. The molecule has 3 aliphatic heterocycles. The van der Waals surface area contributed by atoms with E-state index in [9.17, 15) is 4.79 Å². The smallest absolute Gasteiger partial charge is 0.275 e. The molecule has 2 aromatic rings. The lowest BCUT2D eigenvalue weighted by Crippen LogP contribution is -2.44. The average Bonchev–Trinajstić information content (AvgIpc) is 2.98. The van der Waals surface area contributed by atoms with Gasteiger partial charge in [-0.15, -0.1) is 0 Å². The summed E-state index contributed by atoms with van der Waals surface area (Å²) in [5.41, 5.74) is 1.49. The summed E-state index contributed by atoms with van der Waals surface area (Å²) in [5, 5.41) is 8.23. The maximum atomic E-state index is 13.2. The molecule has 0 aliphatic carbocycles. The Balaban J connectivity index is 1.57. The highest BCUT2D eigenvalue weighted by atomic mass is 79.9. The number of fused-ring (bicyclic) bond motifs is 3. The maximum absolute atomic E-state index is 13.2. The number of amides is 1. The predicted octanol–water partition coefficient (Wildman–Crippen LogP) is 2.24. The summed E-state index contributed by atoms with van der Waals surface area (Å²) in [6.45, 7) is 3.33. The number of aromatic amines is 1. The number of H-pyrrole nitrogens is 1. The molecule has 114 valence electrons. The zero-order valence-corrected chi connectivity index (χ0v) is 13.7. The van der Waals surface area contributed by atoms with E-state index >= 15 is 0 Å². The van der Waals surface area contributed by atoms with Crippen molar-refractivity contribution in [1.29, 1.82) is 0 Å². The Labute approximate surface area is 136 Å². The molecule has 4 atom stereocenters. The Kier molecular flexibility index (Phi) is 2.71. The standard InChI is InChI=1S/C16H17BrN4O/c17-10-1-2-13-12(6-10)15(19-18-13)16(22)21-11-5-9-7-20(8-11)4-3-14(9)21/h1-2,6,9,11,14H,3-5,7-8H2,(H,18,19). The Morgan fingerprint density at radius 2 is 2.27 bits per heavy atom. The van der Waals surface area contributed by atoms with Gasteiger partial charge in [-0.1, -0.05) is 15.9 Å². The molecule has 0 saturated carbocycles. The second-order valence-corrected chi connectivity index (χ2v) is 7.66. The van der Waals surface area contributed by atoms with Crippen LogP contribution in [0.3, 0.4) is 0 Å². The van der Waals surface area contributed by atoms with Crippen LogP contribution in [-0.2, 0) is 0 Å². The third-order valence-corrected chi connectivity index (χ3v) is 6.03. The van der Waals surface area contributed by atoms with Gasteiger partial charge in [0.25, 0.3) is 5.91 Å². The van der Waals surface area contributed by atoms with Gasteiger partial charge < -0.3 is 9.80 Å². The van der Waals surface area contributed by atoms with Crippen LogP contribution < -0.4 is 0 Å². The minimum absolute atomic E-state index is 0.102. The van der Waals surface area contributed by atoms with Gasteiger partial charge in [-0.2, -0.15) is 5.10 Å². The fourth-order valence-corrected chi connectivity index (χ4v) is 5.00. The number of rotatable bonds is 1. The first-order valence-corrected chi connectivity index (χ1v) is 8.68. The van der Waals surface area contributed by atoms with E-state index in [0.717, 1.165) is 41.4 Å². The van der Waals surface area contributed by atoms with Crippen LogP contribution >= 0.6 is 15.9 Å². The minimum Gasteiger partial charge on any atom is -0.330 e. The largest absolute Gasteiger partial charge is 0.330 e. The van der Waals surface area contributed by atoms with Crippen LogP contribution in [0.2, 0.25) is 0 Å². The van der Waals surface area contributed by atoms with Crippen molar-refractivity contribution in [2.75, 3.05) is 19.6 Å². The second-order valence-electron chi connectivity index (χ2n) is 6.74. The molecular weight excluding hydrogens is 344 g/mol. The molecule has 0 radical (unpaired) electrons. The Morgan fingerprint density at radius 3 is 3.18 bits per heavy atom. The minimum atomic E-state index is 0.102. The first kappa shape index (κ1) is 13.1. The van der Waals surface area contributed by atoms with E-state index < -0.39 is 0 Å². The molecular formula is C16H17BrN4O. The number of halogens is 1. The molecule has 3 bridgehead atoms. The van der Waals surface area contributed by atoms with Crippen LogP contribution in [0.4, 0.5) is 0 Å². The molecule has 0 spiro atoms. The van der Waals surface area contributed by atoms with Gasteiger partial charge in [0.15, 0.2) is 5.69 Å². The summed E-state index contributed by atoms with van der Waals surface area (Å²) in [6.07, 6.45) is 2.28. The number of nitrogens with zero attached hydrogens (tertiary/aromatic N) is 3. The summed E-state index contributed by atoms with van der Waals surface area (Å²) in [5.74, 6) is 0.763. The van der Waals surface area contributed by atoms with E-state index in [1.807, 2.05) is 18.2 Å². The fraction of sp³-hybridized carbons (Fsp3) is 0.500. The molecule has 6 heteroatoms. The highest BCUT2D eigenvalue weighted by Gasteiger charge is 2.50. The van der Waals surface area contributed by atoms with Crippen LogP contribution in [0, 0.1) is 5.92 Å². The molecule has 22 heavy (non-hydrogen) atoms. The number of benzene rings is 1. The van der Waals surface area contributed by atoms with Gasteiger partial charge in [-0.25, -0.2) is 0 Å². The van der Waals surface area contributed by atoms with Crippen molar-refractivity contribution in [1.82, 2.24) is 20.0 Å². The highest BCUT2D eigenvalue weighted by Crippen LogP contribution is 2.41. The normalized spacial score (nSPS) is 32.9. The summed E-state index contributed by atoms with van der Waals surface area (Å²) in [4.78, 5) is 17.8. The summed E-state index contributed by atoms with van der Waals surface area (Å²) in [7, 11) is 0. The van der Waals surface area contributed by atoms with Gasteiger partial charge in [0, 0.05) is 41.6 Å². The number of hydrogen-bond donors (Lipinski definition) is 1. The number of likely N-dealkylation sites (tertiary alicyclic amines) is 1. The Bertz CT molecular complexity index is 773. The number of carbonyl (C=O) groups is 1. The molecule has 3 saturated heterocycles. The predicted molar refractivity (Wildman–Crippen MR) is 86.7 cm³/mol. The van der Waals surface area contributed by atoms with Crippen molar-refractivity contribution in [3.8, 4) is 0 Å². The van der Waals surface area contributed by atoms with E-state index in [2.05, 4.69) is 35.9 Å². The molecule has 1 amide bonds. The van der Waals surface area contributed by atoms with Gasteiger partial charge in [0.05, 0.1) is 5.52 Å². The zero-order chi connectivity index (χ0) is 14.8. The van der Waals surface area contributed by atoms with Crippen LogP contribution in [0.25, 0.3) is 10.9 Å². The number of piperidine rings is 2. The van der Waals surface area contributed by atoms with Gasteiger partial charge in [-0.3, -0.25) is 9.89 Å². The number of hydrogen-bond acceptors (Lipinski definition) is 3. The third-order valence-electron chi connectivity index (χ3n) is 5.53. The highest BCUT2D eigenvalue weighted by molar-refractivity contribution is 9.10. The second kappa shape index (κ2) is 4.55. The van der Waals surface area contributed by atoms with E-state index in [0.29, 0.717) is 23.7 Å². The summed E-state index contributed by atoms with van der Waals surface area (Å²) in [6, 6.07) is 6.69. The van der Waals surface area contributed by atoms with Crippen molar-refractivity contribution in [2.45, 2.75) is 24.9 Å². The first-order chi connectivity index (χ1) is 10.7. The van der Waals surface area contributed by atoms with Crippen molar-refractivity contribution in [3.05, 3.63) is 28.4 Å². The Morgan fingerprint density at radius 1 is 1.36 bits per heavy atom. The van der Waals surface area contributed by atoms with E-state index in [-0.39, 0.29) is 5.91 Å². The van der Waals surface area contributed by atoms with Crippen molar-refractivity contribution in [2.24, 2.45) is 5.92 Å². The summed E-state index contributed by atoms with van der Waals surface area (Å²) >= 11 is 3.49. The number of nitrogens with one attached hydrogen (secondary N) is 1. The topological polar surface area (TPSA) is 52.2 Å². The quantitative estimate of drug-likeness (QED) is 0.848. The number of aromatic nitrogens is 2. The molecule has 5 nitrogen and oxygen atoms in total. The molecule has 5 rings (SSSR count). The zero-order valence-electron chi connectivity index (χ0n) is 12.1. The van der Waals surface area contributed by atoms with Crippen molar-refractivity contribution >= 4 is 32.7 Å².